The van der Waals surface area contributed by atoms with E-state index in [1.54, 1.807) is 6.07 Å². The fourth-order valence-electron chi connectivity index (χ4n) is 2.24. The Balaban J connectivity index is 2.02. The van der Waals surface area contributed by atoms with Crippen molar-refractivity contribution in [1.29, 1.82) is 0 Å². The van der Waals surface area contributed by atoms with E-state index in [1.165, 1.54) is 25.0 Å². The van der Waals surface area contributed by atoms with Crippen LogP contribution in [0, 0.1) is 11.7 Å². The van der Waals surface area contributed by atoms with E-state index in [0.717, 1.165) is 24.5 Å². The van der Waals surface area contributed by atoms with Crippen molar-refractivity contribution in [2.24, 2.45) is 5.92 Å². The predicted molar refractivity (Wildman–Crippen MR) is 66.1 cm³/mol. The second-order valence-electron chi connectivity index (χ2n) is 4.59. The van der Waals surface area contributed by atoms with Crippen LogP contribution >= 0.6 is 15.9 Å². The van der Waals surface area contributed by atoms with Crippen molar-refractivity contribution in [1.82, 2.24) is 0 Å². The first-order chi connectivity index (χ1) is 7.65. The summed E-state index contributed by atoms with van der Waals surface area (Å²) in [6.45, 7) is 2.26. The molecular weight excluding hydrogens is 271 g/mol. The second kappa shape index (κ2) is 5.17. The van der Waals surface area contributed by atoms with E-state index in [1.807, 2.05) is 0 Å². The molecule has 2 atom stereocenters. The molecule has 0 spiro atoms. The molecule has 3 heteroatoms. The summed E-state index contributed by atoms with van der Waals surface area (Å²) < 4.78 is 19.5. The summed E-state index contributed by atoms with van der Waals surface area (Å²) in [6.07, 6.45) is 5.01. The highest BCUT2D eigenvalue weighted by atomic mass is 79.9. The lowest BCUT2D eigenvalue weighted by Gasteiger charge is -2.27. The van der Waals surface area contributed by atoms with Crippen molar-refractivity contribution in [2.45, 2.75) is 38.7 Å². The Labute approximate surface area is 104 Å². The Kier molecular flexibility index (Phi) is 3.85. The highest BCUT2D eigenvalue weighted by molar-refractivity contribution is 9.10. The zero-order valence-electron chi connectivity index (χ0n) is 9.38. The molecular formula is C13H16BrFO. The molecule has 1 aromatic rings. The van der Waals surface area contributed by atoms with E-state index in [0.29, 0.717) is 4.47 Å². The van der Waals surface area contributed by atoms with Crippen LogP contribution < -0.4 is 4.74 Å². The average molecular weight is 287 g/mol. The van der Waals surface area contributed by atoms with Gasteiger partial charge in [-0.1, -0.05) is 13.3 Å². The van der Waals surface area contributed by atoms with Gasteiger partial charge in [0.2, 0.25) is 0 Å². The third-order valence-corrected chi connectivity index (χ3v) is 3.70. The molecule has 88 valence electrons. The van der Waals surface area contributed by atoms with E-state index in [4.69, 9.17) is 4.74 Å². The van der Waals surface area contributed by atoms with Crippen LogP contribution in [0.25, 0.3) is 0 Å². The molecule has 0 aromatic heterocycles. The molecule has 1 nitrogen and oxygen atoms in total. The van der Waals surface area contributed by atoms with Gasteiger partial charge in [0.15, 0.2) is 0 Å². The highest BCUT2D eigenvalue weighted by Gasteiger charge is 2.20. The summed E-state index contributed by atoms with van der Waals surface area (Å²) >= 11 is 3.32. The van der Waals surface area contributed by atoms with Crippen LogP contribution in [-0.4, -0.2) is 6.10 Å². The van der Waals surface area contributed by atoms with Crippen molar-refractivity contribution in [3.8, 4) is 5.75 Å². The first-order valence-corrected chi connectivity index (χ1v) is 6.56. The Morgan fingerprint density at radius 3 is 2.88 bits per heavy atom. The van der Waals surface area contributed by atoms with Gasteiger partial charge in [0, 0.05) is 0 Å². The Morgan fingerprint density at radius 2 is 2.19 bits per heavy atom. The zero-order valence-corrected chi connectivity index (χ0v) is 11.0. The summed E-state index contributed by atoms with van der Waals surface area (Å²) in [5.41, 5.74) is 0. The van der Waals surface area contributed by atoms with Crippen molar-refractivity contribution in [2.75, 3.05) is 0 Å². The molecule has 1 aliphatic rings. The van der Waals surface area contributed by atoms with E-state index < -0.39 is 0 Å². The summed E-state index contributed by atoms with van der Waals surface area (Å²) in [5.74, 6) is 1.25. The molecule has 0 radical (unpaired) electrons. The van der Waals surface area contributed by atoms with Crippen LogP contribution in [0.1, 0.15) is 32.6 Å². The molecule has 2 rings (SSSR count). The quantitative estimate of drug-likeness (QED) is 0.775. The molecule has 0 amide bonds. The van der Waals surface area contributed by atoms with E-state index in [-0.39, 0.29) is 11.9 Å². The molecule has 1 aromatic carbocycles. The van der Waals surface area contributed by atoms with Crippen LogP contribution in [0.15, 0.2) is 22.7 Å². The first kappa shape index (κ1) is 11.9. The Hall–Kier alpha value is -0.570. The minimum Gasteiger partial charge on any atom is -0.489 e. The molecule has 0 aliphatic heterocycles. The van der Waals surface area contributed by atoms with E-state index in [2.05, 4.69) is 22.9 Å². The van der Waals surface area contributed by atoms with Gasteiger partial charge in [-0.15, -0.1) is 0 Å². The maximum Gasteiger partial charge on any atom is 0.134 e. The summed E-state index contributed by atoms with van der Waals surface area (Å²) in [6, 6.07) is 4.58. The largest absolute Gasteiger partial charge is 0.489 e. The Bertz CT molecular complexity index is 367. The smallest absolute Gasteiger partial charge is 0.134 e. The normalized spacial score (nSPS) is 25.4. The fraction of sp³-hybridized carbons (Fsp3) is 0.538. The number of benzene rings is 1. The topological polar surface area (TPSA) is 9.23 Å². The minimum atomic E-state index is -0.240. The maximum absolute atomic E-state index is 12.9. The fourth-order valence-corrected chi connectivity index (χ4v) is 2.68. The molecule has 0 N–H and O–H groups in total. The van der Waals surface area contributed by atoms with Gasteiger partial charge in [-0.3, -0.25) is 0 Å². The second-order valence-corrected chi connectivity index (χ2v) is 5.44. The number of halogens is 2. The highest BCUT2D eigenvalue weighted by Crippen LogP contribution is 2.31. The molecule has 1 saturated carbocycles. The SMILES string of the molecule is CC1CCCC(Oc2ccc(F)cc2Br)C1. The monoisotopic (exact) mass is 286 g/mol. The van der Waals surface area contributed by atoms with Gasteiger partial charge < -0.3 is 4.74 Å². The van der Waals surface area contributed by atoms with Crippen LogP contribution in [0.4, 0.5) is 4.39 Å². The van der Waals surface area contributed by atoms with Gasteiger partial charge in [0.25, 0.3) is 0 Å². The zero-order chi connectivity index (χ0) is 11.5. The molecule has 1 aliphatic carbocycles. The van der Waals surface area contributed by atoms with Gasteiger partial charge >= 0.3 is 0 Å². The average Bonchev–Trinajstić information content (AvgIpc) is 2.22. The number of rotatable bonds is 2. The summed E-state index contributed by atoms with van der Waals surface area (Å²) in [5, 5.41) is 0. The molecule has 16 heavy (non-hydrogen) atoms. The van der Waals surface area contributed by atoms with Crippen molar-refractivity contribution < 1.29 is 9.13 Å². The lowest BCUT2D eigenvalue weighted by molar-refractivity contribution is 0.128. The first-order valence-electron chi connectivity index (χ1n) is 5.77. The van der Waals surface area contributed by atoms with Gasteiger partial charge in [-0.05, 0) is 59.3 Å². The third kappa shape index (κ3) is 2.97. The summed E-state index contributed by atoms with van der Waals surface area (Å²) in [4.78, 5) is 0. The molecule has 2 unspecified atom stereocenters. The van der Waals surface area contributed by atoms with Gasteiger partial charge in [-0.2, -0.15) is 0 Å². The van der Waals surface area contributed by atoms with Gasteiger partial charge in [0.1, 0.15) is 11.6 Å². The molecule has 0 heterocycles. The van der Waals surface area contributed by atoms with Crippen LogP contribution in [-0.2, 0) is 0 Å². The van der Waals surface area contributed by atoms with E-state index in [9.17, 15) is 4.39 Å². The van der Waals surface area contributed by atoms with E-state index >= 15 is 0 Å². The molecule has 0 bridgehead atoms. The van der Waals surface area contributed by atoms with Crippen LogP contribution in [0.3, 0.4) is 0 Å². The number of hydrogen-bond acceptors (Lipinski definition) is 1. The van der Waals surface area contributed by atoms with Gasteiger partial charge in [0.05, 0.1) is 10.6 Å². The van der Waals surface area contributed by atoms with Crippen molar-refractivity contribution in [3.63, 3.8) is 0 Å². The summed E-state index contributed by atoms with van der Waals surface area (Å²) in [7, 11) is 0. The predicted octanol–water partition coefficient (Wildman–Crippen LogP) is 4.55. The number of hydrogen-bond donors (Lipinski definition) is 0. The van der Waals surface area contributed by atoms with Crippen molar-refractivity contribution in [3.05, 3.63) is 28.5 Å². The molecule has 1 fully saturated rings. The van der Waals surface area contributed by atoms with Gasteiger partial charge in [-0.25, -0.2) is 4.39 Å². The maximum atomic E-state index is 12.9. The Morgan fingerprint density at radius 1 is 1.38 bits per heavy atom. The number of ether oxygens (including phenoxy) is 1. The standard InChI is InChI=1S/C13H16BrFO/c1-9-3-2-4-11(7-9)16-13-6-5-10(15)8-12(13)14/h5-6,8-9,11H,2-4,7H2,1H3. The lowest BCUT2D eigenvalue weighted by Crippen LogP contribution is -2.24. The van der Waals surface area contributed by atoms with Crippen LogP contribution in [0.5, 0.6) is 5.75 Å². The minimum absolute atomic E-state index is 0.240. The van der Waals surface area contributed by atoms with Crippen LogP contribution in [0.2, 0.25) is 0 Å². The van der Waals surface area contributed by atoms with Crippen molar-refractivity contribution >= 4 is 15.9 Å². The third-order valence-electron chi connectivity index (χ3n) is 3.08. The molecule has 0 saturated heterocycles. The lowest BCUT2D eigenvalue weighted by atomic mass is 9.89.